The van der Waals surface area contributed by atoms with E-state index in [-0.39, 0.29) is 6.61 Å². The first-order valence-electron chi connectivity index (χ1n) is 6.51. The Labute approximate surface area is 131 Å². The van der Waals surface area contributed by atoms with Gasteiger partial charge in [-0.3, -0.25) is 0 Å². The van der Waals surface area contributed by atoms with Crippen molar-refractivity contribution in [1.29, 1.82) is 0 Å². The van der Waals surface area contributed by atoms with Crippen LogP contribution in [0.4, 0.5) is 0 Å². The molecule has 3 rings (SSSR count). The number of benzene rings is 2. The predicted octanol–water partition coefficient (Wildman–Crippen LogP) is 4.68. The number of terminal acetylenes is 1. The van der Waals surface area contributed by atoms with Crippen LogP contribution in [0.5, 0.6) is 5.88 Å². The Morgan fingerprint density at radius 3 is 2.38 bits per heavy atom. The number of ether oxygens (including phenoxy) is 1. The summed E-state index contributed by atoms with van der Waals surface area (Å²) in [5.41, 5.74) is 1.88. The van der Waals surface area contributed by atoms with Gasteiger partial charge < -0.3 is 4.74 Å². The van der Waals surface area contributed by atoms with E-state index in [1.54, 1.807) is 0 Å². The van der Waals surface area contributed by atoms with Gasteiger partial charge in [-0.25, -0.2) is 4.98 Å². The quantitative estimate of drug-likeness (QED) is 0.647. The average molecular weight is 338 g/mol. The van der Waals surface area contributed by atoms with Gasteiger partial charge in [-0.05, 0) is 22.0 Å². The van der Waals surface area contributed by atoms with Crippen molar-refractivity contribution in [2.45, 2.75) is 0 Å². The number of hydrogen-bond acceptors (Lipinski definition) is 2. The third-order valence-electron chi connectivity index (χ3n) is 3.15. The van der Waals surface area contributed by atoms with Crippen molar-refractivity contribution < 1.29 is 4.74 Å². The molecular weight excluding hydrogens is 326 g/mol. The molecule has 21 heavy (non-hydrogen) atoms. The number of nitrogens with zero attached hydrogens (tertiary/aromatic N) is 1. The molecule has 1 aromatic heterocycles. The number of pyridine rings is 1. The van der Waals surface area contributed by atoms with Crippen molar-refractivity contribution in [1.82, 2.24) is 4.98 Å². The van der Waals surface area contributed by atoms with Crippen molar-refractivity contribution in [2.24, 2.45) is 0 Å². The highest BCUT2D eigenvalue weighted by molar-refractivity contribution is 9.10. The summed E-state index contributed by atoms with van der Waals surface area (Å²) in [5, 5.41) is 2.00. The minimum atomic E-state index is 0.201. The molecule has 3 aromatic rings. The second-order valence-corrected chi connectivity index (χ2v) is 5.28. The average Bonchev–Trinajstić information content (AvgIpc) is 2.55. The van der Waals surface area contributed by atoms with Gasteiger partial charge in [-0.2, -0.15) is 0 Å². The Hall–Kier alpha value is -2.31. The molecule has 0 bridgehead atoms. The molecule has 0 amide bonds. The molecule has 102 valence electrons. The van der Waals surface area contributed by atoms with Crippen LogP contribution in [0.25, 0.3) is 22.0 Å². The molecule has 0 saturated heterocycles. The molecule has 0 spiro atoms. The monoisotopic (exact) mass is 337 g/mol. The van der Waals surface area contributed by atoms with E-state index in [4.69, 9.17) is 11.2 Å². The van der Waals surface area contributed by atoms with Crippen LogP contribution in [-0.4, -0.2) is 11.6 Å². The standard InChI is InChI=1S/C18H12BrNO/c1-2-12-21-18-15-11-7-6-10-14(15)16(19)17(20-18)13-8-4-3-5-9-13/h1,3-11H,12H2. The number of hydrogen-bond donors (Lipinski definition) is 0. The van der Waals surface area contributed by atoms with Gasteiger partial charge in [0.15, 0.2) is 6.61 Å². The summed E-state index contributed by atoms with van der Waals surface area (Å²) < 4.78 is 6.57. The van der Waals surface area contributed by atoms with Gasteiger partial charge in [-0.15, -0.1) is 6.42 Å². The van der Waals surface area contributed by atoms with Crippen LogP contribution >= 0.6 is 15.9 Å². The summed E-state index contributed by atoms with van der Waals surface area (Å²) in [4.78, 5) is 4.64. The molecule has 0 saturated carbocycles. The maximum atomic E-state index is 5.62. The Bertz CT molecular complexity index is 822. The van der Waals surface area contributed by atoms with Gasteiger partial charge in [0.05, 0.1) is 10.2 Å². The molecule has 0 fully saturated rings. The van der Waals surface area contributed by atoms with Crippen molar-refractivity contribution in [3.63, 3.8) is 0 Å². The Morgan fingerprint density at radius 1 is 1.00 bits per heavy atom. The van der Waals surface area contributed by atoms with E-state index in [1.807, 2.05) is 54.6 Å². The summed E-state index contributed by atoms with van der Waals surface area (Å²) >= 11 is 3.66. The number of fused-ring (bicyclic) bond motifs is 1. The third-order valence-corrected chi connectivity index (χ3v) is 3.96. The fraction of sp³-hybridized carbons (Fsp3) is 0.0556. The topological polar surface area (TPSA) is 22.1 Å². The summed E-state index contributed by atoms with van der Waals surface area (Å²) in [6.45, 7) is 0.201. The van der Waals surface area contributed by atoms with E-state index in [1.165, 1.54) is 0 Å². The molecule has 0 aliphatic carbocycles. The molecule has 0 unspecified atom stereocenters. The maximum Gasteiger partial charge on any atom is 0.222 e. The minimum Gasteiger partial charge on any atom is -0.464 e. The van der Waals surface area contributed by atoms with Gasteiger partial charge in [-0.1, -0.05) is 54.5 Å². The predicted molar refractivity (Wildman–Crippen MR) is 89.2 cm³/mol. The highest BCUT2D eigenvalue weighted by Crippen LogP contribution is 2.37. The maximum absolute atomic E-state index is 5.62. The smallest absolute Gasteiger partial charge is 0.222 e. The molecule has 0 aliphatic rings. The fourth-order valence-corrected chi connectivity index (χ4v) is 2.87. The molecule has 3 heteroatoms. The fourth-order valence-electron chi connectivity index (χ4n) is 2.21. The molecule has 1 heterocycles. The second-order valence-electron chi connectivity index (χ2n) is 4.48. The molecule has 0 aliphatic heterocycles. The normalized spacial score (nSPS) is 10.3. The lowest BCUT2D eigenvalue weighted by Gasteiger charge is -2.12. The second kappa shape index (κ2) is 5.99. The zero-order valence-corrected chi connectivity index (χ0v) is 12.8. The highest BCUT2D eigenvalue weighted by Gasteiger charge is 2.13. The summed E-state index contributed by atoms with van der Waals surface area (Å²) in [7, 11) is 0. The zero-order chi connectivity index (χ0) is 14.7. The number of rotatable bonds is 3. The lowest BCUT2D eigenvalue weighted by atomic mass is 10.1. The third kappa shape index (κ3) is 2.63. The Kier molecular flexibility index (Phi) is 3.89. The summed E-state index contributed by atoms with van der Waals surface area (Å²) in [6.07, 6.45) is 5.29. The highest BCUT2D eigenvalue weighted by atomic mass is 79.9. The first-order chi connectivity index (χ1) is 10.3. The SMILES string of the molecule is C#CCOc1nc(-c2ccccc2)c(Br)c2ccccc12. The van der Waals surface area contributed by atoms with Crippen molar-refractivity contribution in [3.05, 3.63) is 59.1 Å². The number of aromatic nitrogens is 1. The molecule has 0 radical (unpaired) electrons. The Balaban J connectivity index is 2.26. The first-order valence-corrected chi connectivity index (χ1v) is 7.30. The van der Waals surface area contributed by atoms with Crippen LogP contribution in [0, 0.1) is 12.3 Å². The van der Waals surface area contributed by atoms with Gasteiger partial charge in [0, 0.05) is 16.3 Å². The minimum absolute atomic E-state index is 0.201. The van der Waals surface area contributed by atoms with Crippen LogP contribution in [-0.2, 0) is 0 Å². The van der Waals surface area contributed by atoms with E-state index in [9.17, 15) is 0 Å². The van der Waals surface area contributed by atoms with E-state index in [0.29, 0.717) is 5.88 Å². The van der Waals surface area contributed by atoms with Crippen molar-refractivity contribution in [2.75, 3.05) is 6.61 Å². The van der Waals surface area contributed by atoms with E-state index >= 15 is 0 Å². The summed E-state index contributed by atoms with van der Waals surface area (Å²) in [5.74, 6) is 3.04. The van der Waals surface area contributed by atoms with Crippen LogP contribution in [0.3, 0.4) is 0 Å². The molecule has 2 nitrogen and oxygen atoms in total. The largest absolute Gasteiger partial charge is 0.464 e. The lowest BCUT2D eigenvalue weighted by Crippen LogP contribution is -1.99. The lowest BCUT2D eigenvalue weighted by molar-refractivity contribution is 0.361. The van der Waals surface area contributed by atoms with Gasteiger partial charge in [0.1, 0.15) is 0 Å². The van der Waals surface area contributed by atoms with E-state index in [2.05, 4.69) is 26.8 Å². The van der Waals surface area contributed by atoms with E-state index < -0.39 is 0 Å². The van der Waals surface area contributed by atoms with E-state index in [0.717, 1.165) is 26.5 Å². The zero-order valence-electron chi connectivity index (χ0n) is 11.2. The van der Waals surface area contributed by atoms with Crippen LogP contribution in [0.2, 0.25) is 0 Å². The molecular formula is C18H12BrNO. The summed E-state index contributed by atoms with van der Waals surface area (Å²) in [6, 6.07) is 18.0. The number of halogens is 1. The van der Waals surface area contributed by atoms with Crippen molar-refractivity contribution in [3.8, 4) is 29.5 Å². The van der Waals surface area contributed by atoms with Crippen molar-refractivity contribution >= 4 is 26.7 Å². The van der Waals surface area contributed by atoms with Gasteiger partial charge in [0.2, 0.25) is 5.88 Å². The molecule has 0 N–H and O–H groups in total. The van der Waals surface area contributed by atoms with Gasteiger partial charge in [0.25, 0.3) is 0 Å². The van der Waals surface area contributed by atoms with Crippen LogP contribution < -0.4 is 4.74 Å². The Morgan fingerprint density at radius 2 is 1.67 bits per heavy atom. The first kappa shape index (κ1) is 13.7. The van der Waals surface area contributed by atoms with Gasteiger partial charge >= 0.3 is 0 Å². The van der Waals surface area contributed by atoms with Crippen LogP contribution in [0.15, 0.2) is 59.1 Å². The molecule has 2 aromatic carbocycles. The molecule has 0 atom stereocenters. The van der Waals surface area contributed by atoms with Crippen LogP contribution in [0.1, 0.15) is 0 Å².